The number of carbonyl (C=O) groups is 1. The molecule has 2 aromatic rings. The minimum absolute atomic E-state index is 0.0114. The van der Waals surface area contributed by atoms with Crippen LogP contribution in [0.1, 0.15) is 45.1 Å². The molecule has 1 aromatic heterocycles. The number of thiophene rings is 1. The van der Waals surface area contributed by atoms with Gasteiger partial charge in [-0.15, -0.1) is 11.3 Å². The maximum Gasteiger partial charge on any atom is 0.261 e. The molecule has 1 heterocycles. The van der Waals surface area contributed by atoms with Gasteiger partial charge in [0.05, 0.1) is 11.0 Å². The molecular formula is C18H23NO2S. The minimum Gasteiger partial charge on any atom is -0.374 e. The van der Waals surface area contributed by atoms with Crippen molar-refractivity contribution in [3.8, 4) is 0 Å². The number of benzene rings is 1. The summed E-state index contributed by atoms with van der Waals surface area (Å²) in [6.45, 7) is 7.39. The smallest absolute Gasteiger partial charge is 0.261 e. The lowest BCUT2D eigenvalue weighted by atomic mass is 10.1. The molecule has 2 rings (SSSR count). The summed E-state index contributed by atoms with van der Waals surface area (Å²) < 4.78 is 5.79. The Hall–Kier alpha value is -1.65. The molecule has 3 nitrogen and oxygen atoms in total. The fourth-order valence-corrected chi connectivity index (χ4v) is 3.08. The molecule has 0 saturated heterocycles. The highest BCUT2D eigenvalue weighted by molar-refractivity contribution is 7.14. The molecule has 118 valence electrons. The standard InChI is InChI=1S/C18H23NO2S/c1-13-12-17(22-15(13)3)18(20)19-10-7-11-21-14(2)16-8-5-4-6-9-16/h4-6,8-9,12,14H,7,10-11H2,1-3H3,(H,19,20)/t14-/m0/s1. The molecule has 1 aromatic carbocycles. The van der Waals surface area contributed by atoms with Crippen LogP contribution in [0, 0.1) is 13.8 Å². The van der Waals surface area contributed by atoms with E-state index in [0.717, 1.165) is 11.3 Å². The molecule has 0 aliphatic heterocycles. The Kier molecular flexibility index (Phi) is 6.16. The Bertz CT molecular complexity index is 587. The number of nitrogens with one attached hydrogen (secondary N) is 1. The molecule has 0 aliphatic carbocycles. The van der Waals surface area contributed by atoms with E-state index in [0.29, 0.717) is 13.2 Å². The molecule has 1 atom stereocenters. The largest absolute Gasteiger partial charge is 0.374 e. The van der Waals surface area contributed by atoms with Crippen LogP contribution in [0.15, 0.2) is 36.4 Å². The first kappa shape index (κ1) is 16.7. The molecule has 1 amide bonds. The van der Waals surface area contributed by atoms with Gasteiger partial charge in [-0.1, -0.05) is 30.3 Å². The highest BCUT2D eigenvalue weighted by atomic mass is 32.1. The summed E-state index contributed by atoms with van der Waals surface area (Å²) in [5.74, 6) is 0.0114. The zero-order valence-electron chi connectivity index (χ0n) is 13.4. The molecule has 22 heavy (non-hydrogen) atoms. The zero-order valence-corrected chi connectivity index (χ0v) is 14.2. The van der Waals surface area contributed by atoms with E-state index in [1.807, 2.05) is 45.0 Å². The summed E-state index contributed by atoms with van der Waals surface area (Å²) >= 11 is 1.55. The van der Waals surface area contributed by atoms with Crippen molar-refractivity contribution in [1.29, 1.82) is 0 Å². The average Bonchev–Trinajstić information content (AvgIpc) is 2.87. The number of hydrogen-bond acceptors (Lipinski definition) is 3. The summed E-state index contributed by atoms with van der Waals surface area (Å²) in [5.41, 5.74) is 2.35. The second kappa shape index (κ2) is 8.11. The van der Waals surface area contributed by atoms with Crippen molar-refractivity contribution in [2.75, 3.05) is 13.2 Å². The van der Waals surface area contributed by atoms with Crippen molar-refractivity contribution >= 4 is 17.2 Å². The Morgan fingerprint density at radius 1 is 1.27 bits per heavy atom. The van der Waals surface area contributed by atoms with Gasteiger partial charge < -0.3 is 10.1 Å². The molecule has 0 bridgehead atoms. The van der Waals surface area contributed by atoms with Crippen LogP contribution in [-0.4, -0.2) is 19.1 Å². The summed E-state index contributed by atoms with van der Waals surface area (Å²) in [4.78, 5) is 14.0. The highest BCUT2D eigenvalue weighted by Gasteiger charge is 2.10. The van der Waals surface area contributed by atoms with Crippen LogP contribution in [0.4, 0.5) is 0 Å². The first-order valence-corrected chi connectivity index (χ1v) is 8.41. The predicted octanol–water partition coefficient (Wildman–Crippen LogP) is 4.26. The molecule has 1 N–H and O–H groups in total. The quantitative estimate of drug-likeness (QED) is 0.775. The number of carbonyl (C=O) groups excluding carboxylic acids is 1. The topological polar surface area (TPSA) is 38.3 Å². The Morgan fingerprint density at radius 2 is 2.00 bits per heavy atom. The lowest BCUT2D eigenvalue weighted by Crippen LogP contribution is -2.24. The third-order valence-corrected chi connectivity index (χ3v) is 4.78. The average molecular weight is 317 g/mol. The van der Waals surface area contributed by atoms with Crippen LogP contribution in [-0.2, 0) is 4.74 Å². The molecular weight excluding hydrogens is 294 g/mol. The van der Waals surface area contributed by atoms with Crippen LogP contribution < -0.4 is 5.32 Å². The summed E-state index contributed by atoms with van der Waals surface area (Å²) in [5, 5.41) is 2.94. The first-order chi connectivity index (χ1) is 10.6. The fraction of sp³-hybridized carbons (Fsp3) is 0.389. The van der Waals surface area contributed by atoms with Gasteiger partial charge in [0.15, 0.2) is 0 Å². The maximum absolute atomic E-state index is 12.0. The van der Waals surface area contributed by atoms with Crippen LogP contribution in [0.2, 0.25) is 0 Å². The molecule has 4 heteroatoms. The van der Waals surface area contributed by atoms with Crippen molar-refractivity contribution in [3.05, 3.63) is 57.3 Å². The lowest BCUT2D eigenvalue weighted by molar-refractivity contribution is 0.0635. The van der Waals surface area contributed by atoms with Gasteiger partial charge in [0.1, 0.15) is 0 Å². The van der Waals surface area contributed by atoms with Gasteiger partial charge >= 0.3 is 0 Å². The van der Waals surface area contributed by atoms with E-state index >= 15 is 0 Å². The SMILES string of the molecule is Cc1cc(C(=O)NCCCO[C@@H](C)c2ccccc2)sc1C. The van der Waals surface area contributed by atoms with E-state index < -0.39 is 0 Å². The van der Waals surface area contributed by atoms with E-state index in [4.69, 9.17) is 4.74 Å². The molecule has 0 saturated carbocycles. The number of ether oxygens (including phenoxy) is 1. The first-order valence-electron chi connectivity index (χ1n) is 7.59. The number of amides is 1. The number of rotatable bonds is 7. The minimum atomic E-state index is 0.0114. The van der Waals surface area contributed by atoms with E-state index in [1.165, 1.54) is 16.0 Å². The van der Waals surface area contributed by atoms with E-state index in [2.05, 4.69) is 17.4 Å². The van der Waals surface area contributed by atoms with Crippen molar-refractivity contribution < 1.29 is 9.53 Å². The number of aryl methyl sites for hydroxylation is 2. The zero-order chi connectivity index (χ0) is 15.9. The van der Waals surface area contributed by atoms with Gasteiger partial charge in [-0.25, -0.2) is 0 Å². The second-order valence-electron chi connectivity index (χ2n) is 5.38. The van der Waals surface area contributed by atoms with Crippen molar-refractivity contribution in [1.82, 2.24) is 5.32 Å². The van der Waals surface area contributed by atoms with Crippen molar-refractivity contribution in [2.45, 2.75) is 33.3 Å². The van der Waals surface area contributed by atoms with Gasteiger partial charge in [-0.05, 0) is 44.4 Å². The summed E-state index contributed by atoms with van der Waals surface area (Å²) in [7, 11) is 0. The van der Waals surface area contributed by atoms with E-state index in [1.54, 1.807) is 11.3 Å². The fourth-order valence-electron chi connectivity index (χ4n) is 2.13. The third-order valence-electron chi connectivity index (χ3n) is 3.63. The molecule has 0 aliphatic rings. The third kappa shape index (κ3) is 4.68. The monoisotopic (exact) mass is 317 g/mol. The summed E-state index contributed by atoms with van der Waals surface area (Å²) in [6.07, 6.45) is 0.895. The van der Waals surface area contributed by atoms with Gasteiger partial charge in [0.2, 0.25) is 0 Å². The van der Waals surface area contributed by atoms with E-state index in [-0.39, 0.29) is 12.0 Å². The normalized spacial score (nSPS) is 12.1. The van der Waals surface area contributed by atoms with Crippen molar-refractivity contribution in [3.63, 3.8) is 0 Å². The Labute approximate surface area is 136 Å². The molecule has 0 fully saturated rings. The van der Waals surface area contributed by atoms with Crippen molar-refractivity contribution in [2.24, 2.45) is 0 Å². The predicted molar refractivity (Wildman–Crippen MR) is 91.6 cm³/mol. The Balaban J connectivity index is 1.66. The van der Waals surface area contributed by atoms with Crippen LogP contribution in [0.5, 0.6) is 0 Å². The van der Waals surface area contributed by atoms with Gasteiger partial charge in [0.25, 0.3) is 5.91 Å². The van der Waals surface area contributed by atoms with E-state index in [9.17, 15) is 4.79 Å². The lowest BCUT2D eigenvalue weighted by Gasteiger charge is -2.13. The van der Waals surface area contributed by atoms with Crippen LogP contribution in [0.3, 0.4) is 0 Å². The van der Waals surface area contributed by atoms with Gasteiger partial charge in [-0.2, -0.15) is 0 Å². The molecule has 0 spiro atoms. The van der Waals surface area contributed by atoms with Gasteiger partial charge in [-0.3, -0.25) is 4.79 Å². The van der Waals surface area contributed by atoms with Crippen LogP contribution in [0.25, 0.3) is 0 Å². The number of hydrogen-bond donors (Lipinski definition) is 1. The maximum atomic E-state index is 12.0. The van der Waals surface area contributed by atoms with Crippen LogP contribution >= 0.6 is 11.3 Å². The summed E-state index contributed by atoms with van der Waals surface area (Å²) in [6, 6.07) is 12.1. The highest BCUT2D eigenvalue weighted by Crippen LogP contribution is 2.20. The second-order valence-corrected chi connectivity index (χ2v) is 6.64. The Morgan fingerprint density at radius 3 is 2.64 bits per heavy atom. The van der Waals surface area contributed by atoms with Gasteiger partial charge in [0, 0.05) is 18.0 Å². The molecule has 0 radical (unpaired) electrons. The molecule has 0 unspecified atom stereocenters.